The smallest absolute Gasteiger partial charge is 0.232 e. The van der Waals surface area contributed by atoms with E-state index >= 15 is 0 Å². The van der Waals surface area contributed by atoms with Crippen molar-refractivity contribution in [3.8, 4) is 0 Å². The number of rotatable bonds is 1. The van der Waals surface area contributed by atoms with Crippen LogP contribution in [-0.4, -0.2) is 23.0 Å². The molecule has 0 radical (unpaired) electrons. The van der Waals surface area contributed by atoms with Crippen LogP contribution in [0, 0.1) is 5.41 Å². The summed E-state index contributed by atoms with van der Waals surface area (Å²) in [4.78, 5) is 23.0. The Morgan fingerprint density at radius 2 is 1.62 bits per heavy atom. The zero-order chi connectivity index (χ0) is 10.2. The van der Waals surface area contributed by atoms with Crippen LogP contribution in [0.3, 0.4) is 0 Å². The molecule has 0 bridgehead atoms. The predicted octanol–water partition coefficient (Wildman–Crippen LogP) is 1.48. The van der Waals surface area contributed by atoms with Gasteiger partial charge < -0.3 is 0 Å². The van der Waals surface area contributed by atoms with E-state index in [1.54, 1.807) is 20.8 Å². The van der Waals surface area contributed by atoms with Crippen molar-refractivity contribution in [1.82, 2.24) is 4.90 Å². The number of halogens is 1. The van der Waals surface area contributed by atoms with Gasteiger partial charge in [-0.1, -0.05) is 20.8 Å². The summed E-state index contributed by atoms with van der Waals surface area (Å²) in [6, 6.07) is 0. The number of likely N-dealkylation sites (tertiary alicyclic amines) is 1. The Kier molecular flexibility index (Phi) is 2.41. The lowest BCUT2D eigenvalue weighted by molar-refractivity contribution is -0.150. The van der Waals surface area contributed by atoms with Crippen molar-refractivity contribution in [1.29, 1.82) is 0 Å². The third-order valence-electron chi connectivity index (χ3n) is 2.03. The normalized spacial score (nSPS) is 21.1. The minimum atomic E-state index is -1.50. The number of hydrogen-bond donors (Lipinski definition) is 0. The molecule has 1 aliphatic rings. The van der Waals surface area contributed by atoms with Gasteiger partial charge in [0.1, 0.15) is 0 Å². The van der Waals surface area contributed by atoms with E-state index in [-0.39, 0.29) is 12.8 Å². The largest absolute Gasteiger partial charge is 0.274 e. The summed E-state index contributed by atoms with van der Waals surface area (Å²) >= 11 is 0. The molecule has 13 heavy (non-hydrogen) atoms. The SMILES string of the molecule is CC(C)(C)C(F)N1C(=O)CCC1=O. The van der Waals surface area contributed by atoms with Crippen LogP contribution in [-0.2, 0) is 9.59 Å². The summed E-state index contributed by atoms with van der Waals surface area (Å²) in [6.07, 6.45) is -1.21. The van der Waals surface area contributed by atoms with Crippen molar-refractivity contribution >= 4 is 11.8 Å². The van der Waals surface area contributed by atoms with Gasteiger partial charge in [0.05, 0.1) is 0 Å². The van der Waals surface area contributed by atoms with E-state index < -0.39 is 23.5 Å². The van der Waals surface area contributed by atoms with Crippen LogP contribution in [0.2, 0.25) is 0 Å². The Labute approximate surface area is 76.9 Å². The number of amides is 2. The first-order valence-electron chi connectivity index (χ1n) is 4.33. The van der Waals surface area contributed by atoms with Crippen LogP contribution in [0.15, 0.2) is 0 Å². The first-order valence-corrected chi connectivity index (χ1v) is 4.33. The van der Waals surface area contributed by atoms with E-state index in [9.17, 15) is 14.0 Å². The Morgan fingerprint density at radius 1 is 1.23 bits per heavy atom. The molecule has 4 heteroatoms. The molecule has 1 unspecified atom stereocenters. The second kappa shape index (κ2) is 3.09. The summed E-state index contributed by atoms with van der Waals surface area (Å²) in [5.74, 6) is -0.792. The van der Waals surface area contributed by atoms with Gasteiger partial charge in [-0.15, -0.1) is 0 Å². The minimum absolute atomic E-state index is 0.148. The molecule has 0 aromatic heterocycles. The summed E-state index contributed by atoms with van der Waals surface area (Å²) in [7, 11) is 0. The minimum Gasteiger partial charge on any atom is -0.274 e. The molecule has 0 aromatic carbocycles. The molecule has 1 atom stereocenters. The lowest BCUT2D eigenvalue weighted by Crippen LogP contribution is -2.43. The molecule has 1 heterocycles. The van der Waals surface area contributed by atoms with E-state index in [1.807, 2.05) is 0 Å². The molecule has 1 saturated heterocycles. The molecule has 3 nitrogen and oxygen atoms in total. The molecule has 0 spiro atoms. The molecule has 0 aliphatic carbocycles. The Bertz CT molecular complexity index is 228. The topological polar surface area (TPSA) is 37.4 Å². The zero-order valence-electron chi connectivity index (χ0n) is 8.13. The molecule has 0 saturated carbocycles. The first kappa shape index (κ1) is 10.2. The summed E-state index contributed by atoms with van der Waals surface area (Å²) in [5.41, 5.74) is -0.699. The van der Waals surface area contributed by atoms with Gasteiger partial charge in [-0.25, -0.2) is 9.29 Å². The molecule has 1 aliphatic heterocycles. The van der Waals surface area contributed by atoms with Gasteiger partial charge in [-0.3, -0.25) is 9.59 Å². The maximum Gasteiger partial charge on any atom is 0.232 e. The summed E-state index contributed by atoms with van der Waals surface area (Å²) < 4.78 is 13.6. The van der Waals surface area contributed by atoms with E-state index in [0.717, 1.165) is 4.90 Å². The second-order valence-corrected chi connectivity index (χ2v) is 4.36. The van der Waals surface area contributed by atoms with Gasteiger partial charge in [-0.2, -0.15) is 0 Å². The van der Waals surface area contributed by atoms with E-state index in [1.165, 1.54) is 0 Å². The lowest BCUT2D eigenvalue weighted by Gasteiger charge is -2.29. The maximum atomic E-state index is 13.6. The summed E-state index contributed by atoms with van der Waals surface area (Å²) in [6.45, 7) is 4.99. The third kappa shape index (κ3) is 1.87. The van der Waals surface area contributed by atoms with Gasteiger partial charge in [0.25, 0.3) is 0 Å². The fourth-order valence-electron chi connectivity index (χ4n) is 1.23. The van der Waals surface area contributed by atoms with Gasteiger partial charge >= 0.3 is 0 Å². The van der Waals surface area contributed by atoms with Crippen molar-refractivity contribution in [2.75, 3.05) is 0 Å². The Morgan fingerprint density at radius 3 is 1.92 bits per heavy atom. The van der Waals surface area contributed by atoms with Crippen LogP contribution in [0.1, 0.15) is 33.6 Å². The highest BCUT2D eigenvalue weighted by molar-refractivity contribution is 6.02. The van der Waals surface area contributed by atoms with Crippen LogP contribution in [0.5, 0.6) is 0 Å². The van der Waals surface area contributed by atoms with Crippen molar-refractivity contribution < 1.29 is 14.0 Å². The standard InChI is InChI=1S/C9H14FNO2/c1-9(2,3)8(10)11-6(12)4-5-7(11)13/h8H,4-5H2,1-3H3. The molecular weight excluding hydrogens is 173 g/mol. The number of carbonyl (C=O) groups excluding carboxylic acids is 2. The average Bonchev–Trinajstić information content (AvgIpc) is 2.28. The number of nitrogens with zero attached hydrogens (tertiary/aromatic N) is 1. The quantitative estimate of drug-likeness (QED) is 0.460. The van der Waals surface area contributed by atoms with Gasteiger partial charge in [0.2, 0.25) is 11.8 Å². The first-order chi connectivity index (χ1) is 5.84. The Balaban J connectivity index is 2.82. The zero-order valence-corrected chi connectivity index (χ0v) is 8.13. The molecule has 1 rings (SSSR count). The number of imide groups is 1. The molecular formula is C9H14FNO2. The van der Waals surface area contributed by atoms with Crippen molar-refractivity contribution in [2.24, 2.45) is 5.41 Å². The van der Waals surface area contributed by atoms with Crippen LogP contribution in [0.25, 0.3) is 0 Å². The van der Waals surface area contributed by atoms with E-state index in [0.29, 0.717) is 0 Å². The average molecular weight is 187 g/mol. The van der Waals surface area contributed by atoms with Crippen LogP contribution in [0.4, 0.5) is 4.39 Å². The highest BCUT2D eigenvalue weighted by atomic mass is 19.1. The van der Waals surface area contributed by atoms with Gasteiger partial charge in [0, 0.05) is 18.3 Å². The van der Waals surface area contributed by atoms with Crippen molar-refractivity contribution in [2.45, 2.75) is 39.9 Å². The predicted molar refractivity (Wildman–Crippen MR) is 45.4 cm³/mol. The number of carbonyl (C=O) groups is 2. The van der Waals surface area contributed by atoms with Crippen molar-refractivity contribution in [3.05, 3.63) is 0 Å². The van der Waals surface area contributed by atoms with Gasteiger partial charge in [0.15, 0.2) is 6.30 Å². The highest BCUT2D eigenvalue weighted by Gasteiger charge is 2.40. The Hall–Kier alpha value is -0.930. The molecule has 0 N–H and O–H groups in total. The summed E-state index contributed by atoms with van der Waals surface area (Å²) in [5, 5.41) is 0. The fraction of sp³-hybridized carbons (Fsp3) is 0.778. The lowest BCUT2D eigenvalue weighted by atomic mass is 9.94. The van der Waals surface area contributed by atoms with E-state index in [2.05, 4.69) is 0 Å². The highest BCUT2D eigenvalue weighted by Crippen LogP contribution is 2.29. The molecule has 1 fully saturated rings. The number of alkyl halides is 1. The number of hydrogen-bond acceptors (Lipinski definition) is 2. The van der Waals surface area contributed by atoms with Crippen LogP contribution < -0.4 is 0 Å². The van der Waals surface area contributed by atoms with E-state index in [4.69, 9.17) is 0 Å². The second-order valence-electron chi connectivity index (χ2n) is 4.36. The molecule has 2 amide bonds. The third-order valence-corrected chi connectivity index (χ3v) is 2.03. The van der Waals surface area contributed by atoms with Gasteiger partial charge in [-0.05, 0) is 0 Å². The monoisotopic (exact) mass is 187 g/mol. The molecule has 74 valence electrons. The fourth-order valence-corrected chi connectivity index (χ4v) is 1.23. The maximum absolute atomic E-state index is 13.6. The van der Waals surface area contributed by atoms with Crippen molar-refractivity contribution in [3.63, 3.8) is 0 Å². The molecule has 0 aromatic rings. The van der Waals surface area contributed by atoms with Crippen LogP contribution >= 0.6 is 0 Å².